The molecule has 0 spiro atoms. The Bertz CT molecular complexity index is 376. The van der Waals surface area contributed by atoms with Crippen LogP contribution in [-0.2, 0) is 14.3 Å². The van der Waals surface area contributed by atoms with Crippen LogP contribution in [0, 0.1) is 11.8 Å². The fourth-order valence-electron chi connectivity index (χ4n) is 3.55. The first-order valence-corrected chi connectivity index (χ1v) is 9.90. The second-order valence-electron chi connectivity index (χ2n) is 7.77. The summed E-state index contributed by atoms with van der Waals surface area (Å²) in [5.74, 6) is 1.61. The summed E-state index contributed by atoms with van der Waals surface area (Å²) in [5, 5.41) is 0. The van der Waals surface area contributed by atoms with Crippen molar-refractivity contribution in [3.05, 3.63) is 0 Å². The third kappa shape index (κ3) is 7.60. The van der Waals surface area contributed by atoms with E-state index in [4.69, 9.17) is 9.47 Å². The van der Waals surface area contributed by atoms with E-state index in [-0.39, 0.29) is 12.5 Å². The number of piperidine rings is 1. The lowest BCUT2D eigenvalue weighted by atomic mass is 9.87. The van der Waals surface area contributed by atoms with Crippen LogP contribution in [0.4, 0.5) is 0 Å². The number of amides is 1. The molecular formula is C19H37N3O3. The quantitative estimate of drug-likeness (QED) is 0.581. The highest BCUT2D eigenvalue weighted by atomic mass is 16.5. The fourth-order valence-corrected chi connectivity index (χ4v) is 3.55. The molecule has 0 aromatic rings. The fraction of sp³-hybridized carbons (Fsp3) is 0.947. The van der Waals surface area contributed by atoms with Crippen molar-refractivity contribution in [1.82, 2.24) is 14.7 Å². The Hall–Kier alpha value is -0.690. The summed E-state index contributed by atoms with van der Waals surface area (Å²) in [6.07, 6.45) is 2.25. The summed E-state index contributed by atoms with van der Waals surface area (Å²) in [5.41, 5.74) is 0. The molecule has 2 rings (SSSR count). The average molecular weight is 356 g/mol. The van der Waals surface area contributed by atoms with Crippen LogP contribution in [0.5, 0.6) is 0 Å². The Morgan fingerprint density at radius 1 is 0.960 bits per heavy atom. The molecule has 6 heteroatoms. The van der Waals surface area contributed by atoms with Crippen LogP contribution in [0.15, 0.2) is 0 Å². The number of ether oxygens (including phenoxy) is 2. The topological polar surface area (TPSA) is 45.3 Å². The Labute approximate surface area is 153 Å². The van der Waals surface area contributed by atoms with Crippen LogP contribution in [0.2, 0.25) is 0 Å². The monoisotopic (exact) mass is 355 g/mol. The molecule has 6 nitrogen and oxygen atoms in total. The lowest BCUT2D eigenvalue weighted by molar-refractivity contribution is -0.138. The van der Waals surface area contributed by atoms with Gasteiger partial charge in [0.1, 0.15) is 6.61 Å². The number of piperazine rings is 1. The van der Waals surface area contributed by atoms with Gasteiger partial charge < -0.3 is 19.3 Å². The highest BCUT2D eigenvalue weighted by Gasteiger charge is 2.24. The second-order valence-corrected chi connectivity index (χ2v) is 7.77. The van der Waals surface area contributed by atoms with Gasteiger partial charge >= 0.3 is 0 Å². The zero-order valence-electron chi connectivity index (χ0n) is 16.4. The van der Waals surface area contributed by atoms with Gasteiger partial charge in [-0.1, -0.05) is 13.8 Å². The molecule has 2 aliphatic heterocycles. The largest absolute Gasteiger partial charge is 0.378 e. The van der Waals surface area contributed by atoms with Crippen molar-refractivity contribution in [2.45, 2.75) is 26.7 Å². The van der Waals surface area contributed by atoms with Gasteiger partial charge in [-0.05, 0) is 31.7 Å². The first kappa shape index (κ1) is 20.6. The van der Waals surface area contributed by atoms with Crippen molar-refractivity contribution in [2.75, 3.05) is 79.3 Å². The van der Waals surface area contributed by atoms with Gasteiger partial charge in [0.15, 0.2) is 0 Å². The molecule has 0 radical (unpaired) electrons. The third-order valence-corrected chi connectivity index (χ3v) is 5.58. The molecule has 0 bridgehead atoms. The van der Waals surface area contributed by atoms with Gasteiger partial charge in [-0.25, -0.2) is 0 Å². The number of likely N-dealkylation sites (N-methyl/N-ethyl adjacent to an activating group) is 1. The van der Waals surface area contributed by atoms with E-state index in [2.05, 4.69) is 30.7 Å². The van der Waals surface area contributed by atoms with Crippen LogP contribution in [0.1, 0.15) is 26.7 Å². The van der Waals surface area contributed by atoms with Gasteiger partial charge in [0.25, 0.3) is 0 Å². The third-order valence-electron chi connectivity index (χ3n) is 5.58. The number of carbonyl (C=O) groups is 1. The minimum absolute atomic E-state index is 0.125. The summed E-state index contributed by atoms with van der Waals surface area (Å²) >= 11 is 0. The first-order valence-electron chi connectivity index (χ1n) is 9.90. The van der Waals surface area contributed by atoms with Gasteiger partial charge in [0.05, 0.1) is 19.8 Å². The van der Waals surface area contributed by atoms with Gasteiger partial charge in [-0.2, -0.15) is 0 Å². The number of carbonyl (C=O) groups excluding carboxylic acids is 1. The molecule has 2 fully saturated rings. The second kappa shape index (κ2) is 11.1. The van der Waals surface area contributed by atoms with E-state index in [1.54, 1.807) is 0 Å². The van der Waals surface area contributed by atoms with Gasteiger partial charge in [0, 0.05) is 45.8 Å². The molecule has 0 aromatic heterocycles. The molecule has 2 saturated heterocycles. The molecule has 1 amide bonds. The molecule has 0 aliphatic carbocycles. The molecule has 25 heavy (non-hydrogen) atoms. The van der Waals surface area contributed by atoms with Crippen molar-refractivity contribution < 1.29 is 14.3 Å². The Kier molecular flexibility index (Phi) is 9.17. The van der Waals surface area contributed by atoms with E-state index in [0.29, 0.717) is 13.2 Å². The SMILES string of the molecule is CC(C)C1CCN(C(=O)COCCOCCN2CCN(C)CC2)CC1. The van der Waals surface area contributed by atoms with Crippen LogP contribution >= 0.6 is 0 Å². The van der Waals surface area contributed by atoms with Gasteiger partial charge in [0.2, 0.25) is 5.91 Å². The molecule has 0 unspecified atom stereocenters. The van der Waals surface area contributed by atoms with Crippen LogP contribution < -0.4 is 0 Å². The maximum absolute atomic E-state index is 12.1. The van der Waals surface area contributed by atoms with Crippen molar-refractivity contribution >= 4 is 5.91 Å². The summed E-state index contributed by atoms with van der Waals surface area (Å²) in [7, 11) is 2.17. The lowest BCUT2D eigenvalue weighted by Gasteiger charge is -2.33. The number of nitrogens with zero attached hydrogens (tertiary/aromatic N) is 3. The van der Waals surface area contributed by atoms with Gasteiger partial charge in [-0.15, -0.1) is 0 Å². The Morgan fingerprint density at radius 2 is 1.60 bits per heavy atom. The van der Waals surface area contributed by atoms with Crippen LogP contribution in [0.3, 0.4) is 0 Å². The summed E-state index contributed by atoms with van der Waals surface area (Å²) in [6, 6.07) is 0. The minimum atomic E-state index is 0.125. The molecule has 0 N–H and O–H groups in total. The summed E-state index contributed by atoms with van der Waals surface area (Å²) in [6.45, 7) is 13.8. The molecule has 0 aromatic carbocycles. The van der Waals surface area contributed by atoms with Crippen molar-refractivity contribution in [3.8, 4) is 0 Å². The predicted molar refractivity (Wildman–Crippen MR) is 99.7 cm³/mol. The van der Waals surface area contributed by atoms with Crippen LogP contribution in [0.25, 0.3) is 0 Å². The van der Waals surface area contributed by atoms with E-state index in [1.165, 1.54) is 0 Å². The highest BCUT2D eigenvalue weighted by molar-refractivity contribution is 5.77. The zero-order chi connectivity index (χ0) is 18.1. The van der Waals surface area contributed by atoms with E-state index in [0.717, 1.165) is 77.1 Å². The number of hydrogen-bond donors (Lipinski definition) is 0. The first-order chi connectivity index (χ1) is 12.1. The number of rotatable bonds is 9. The lowest BCUT2D eigenvalue weighted by Crippen LogP contribution is -2.45. The molecule has 0 saturated carbocycles. The van der Waals surface area contributed by atoms with E-state index in [1.807, 2.05) is 4.90 Å². The Balaban J connectivity index is 1.43. The van der Waals surface area contributed by atoms with Crippen molar-refractivity contribution in [3.63, 3.8) is 0 Å². The molecular weight excluding hydrogens is 318 g/mol. The average Bonchev–Trinajstić information content (AvgIpc) is 2.62. The molecule has 146 valence electrons. The van der Waals surface area contributed by atoms with Crippen molar-refractivity contribution in [1.29, 1.82) is 0 Å². The van der Waals surface area contributed by atoms with Crippen molar-refractivity contribution in [2.24, 2.45) is 11.8 Å². The predicted octanol–water partition coefficient (Wildman–Crippen LogP) is 1.16. The molecule has 0 atom stereocenters. The Morgan fingerprint density at radius 3 is 2.24 bits per heavy atom. The van der Waals surface area contributed by atoms with Gasteiger partial charge in [-0.3, -0.25) is 9.69 Å². The maximum atomic E-state index is 12.1. The van der Waals surface area contributed by atoms with Crippen LogP contribution in [-0.4, -0.2) is 99.9 Å². The van der Waals surface area contributed by atoms with E-state index in [9.17, 15) is 4.79 Å². The normalized spacial score (nSPS) is 21.2. The molecule has 2 aliphatic rings. The summed E-state index contributed by atoms with van der Waals surface area (Å²) < 4.78 is 11.1. The van der Waals surface area contributed by atoms with E-state index < -0.39 is 0 Å². The minimum Gasteiger partial charge on any atom is -0.378 e. The summed E-state index contributed by atoms with van der Waals surface area (Å²) in [4.78, 5) is 18.9. The maximum Gasteiger partial charge on any atom is 0.248 e. The van der Waals surface area contributed by atoms with E-state index >= 15 is 0 Å². The highest BCUT2D eigenvalue weighted by Crippen LogP contribution is 2.24. The number of hydrogen-bond acceptors (Lipinski definition) is 5. The standard InChI is InChI=1S/C19H37N3O3/c1-17(2)18-4-6-22(7-5-18)19(23)16-25-15-14-24-13-12-21-10-8-20(3)9-11-21/h17-18H,4-16H2,1-3H3. The molecule has 2 heterocycles. The smallest absolute Gasteiger partial charge is 0.248 e. The zero-order valence-corrected chi connectivity index (χ0v) is 16.4. The number of likely N-dealkylation sites (tertiary alicyclic amines) is 1.